The van der Waals surface area contributed by atoms with Crippen molar-refractivity contribution in [2.75, 3.05) is 17.7 Å². The first-order valence-corrected chi connectivity index (χ1v) is 6.12. The highest BCUT2D eigenvalue weighted by atomic mass is 16.5. The van der Waals surface area contributed by atoms with Crippen LogP contribution in [0.5, 0.6) is 0 Å². The van der Waals surface area contributed by atoms with Crippen LogP contribution < -0.4 is 11.1 Å². The standard InChI is InChI=1S/C14H15N3O3/c1-2-20-14(19)9-3-5-11(6-4-9)17-13(18)12-7-10(15)8-16-12/h3-8,16H,2,15H2,1H3,(H,17,18). The van der Waals surface area contributed by atoms with Gasteiger partial charge in [-0.1, -0.05) is 0 Å². The highest BCUT2D eigenvalue weighted by Crippen LogP contribution is 2.13. The predicted molar refractivity (Wildman–Crippen MR) is 75.6 cm³/mol. The second-order valence-electron chi connectivity index (χ2n) is 4.10. The molecular weight excluding hydrogens is 258 g/mol. The number of rotatable bonds is 4. The number of nitrogens with one attached hydrogen (secondary N) is 2. The largest absolute Gasteiger partial charge is 0.462 e. The minimum absolute atomic E-state index is 0.300. The van der Waals surface area contributed by atoms with Gasteiger partial charge in [-0.2, -0.15) is 0 Å². The minimum Gasteiger partial charge on any atom is -0.462 e. The Morgan fingerprint density at radius 3 is 2.55 bits per heavy atom. The molecule has 0 aliphatic heterocycles. The average molecular weight is 273 g/mol. The summed E-state index contributed by atoms with van der Waals surface area (Å²) in [5, 5.41) is 2.69. The molecule has 2 aromatic rings. The Balaban J connectivity index is 2.04. The molecule has 1 amide bonds. The number of benzene rings is 1. The zero-order valence-corrected chi connectivity index (χ0v) is 11.0. The number of hydrogen-bond donors (Lipinski definition) is 3. The Bertz CT molecular complexity index is 617. The van der Waals surface area contributed by atoms with E-state index in [1.807, 2.05) is 0 Å². The first kappa shape index (κ1) is 13.7. The molecule has 0 radical (unpaired) electrons. The van der Waals surface area contributed by atoms with E-state index in [0.717, 1.165) is 0 Å². The summed E-state index contributed by atoms with van der Waals surface area (Å²) < 4.78 is 4.88. The van der Waals surface area contributed by atoms with Gasteiger partial charge in [-0.25, -0.2) is 4.79 Å². The van der Waals surface area contributed by atoms with E-state index in [1.54, 1.807) is 43.5 Å². The quantitative estimate of drug-likeness (QED) is 0.742. The number of carbonyl (C=O) groups excluding carboxylic acids is 2. The fraction of sp³-hybridized carbons (Fsp3) is 0.143. The molecule has 0 aliphatic carbocycles. The summed E-state index contributed by atoms with van der Waals surface area (Å²) in [6, 6.07) is 8.00. The summed E-state index contributed by atoms with van der Waals surface area (Å²) in [7, 11) is 0. The number of carbonyl (C=O) groups is 2. The third kappa shape index (κ3) is 3.17. The molecule has 2 rings (SSSR count). The lowest BCUT2D eigenvalue weighted by Crippen LogP contribution is -2.12. The van der Waals surface area contributed by atoms with Crippen LogP contribution in [-0.2, 0) is 4.74 Å². The van der Waals surface area contributed by atoms with E-state index in [-0.39, 0.29) is 11.9 Å². The third-order valence-corrected chi connectivity index (χ3v) is 2.60. The maximum atomic E-state index is 11.9. The van der Waals surface area contributed by atoms with Gasteiger partial charge in [0.25, 0.3) is 5.91 Å². The molecule has 6 nitrogen and oxygen atoms in total. The second kappa shape index (κ2) is 5.92. The van der Waals surface area contributed by atoms with Crippen molar-refractivity contribution in [3.8, 4) is 0 Å². The molecule has 0 unspecified atom stereocenters. The molecule has 0 spiro atoms. The van der Waals surface area contributed by atoms with Crippen LogP contribution in [-0.4, -0.2) is 23.5 Å². The fourth-order valence-corrected chi connectivity index (χ4v) is 1.64. The number of amides is 1. The van der Waals surface area contributed by atoms with Gasteiger partial charge in [0.1, 0.15) is 5.69 Å². The number of nitrogens with two attached hydrogens (primary N) is 1. The van der Waals surface area contributed by atoms with E-state index in [1.165, 1.54) is 0 Å². The number of aromatic amines is 1. The van der Waals surface area contributed by atoms with Crippen molar-refractivity contribution >= 4 is 23.3 Å². The van der Waals surface area contributed by atoms with E-state index >= 15 is 0 Å². The molecule has 20 heavy (non-hydrogen) atoms. The number of nitrogen functional groups attached to an aromatic ring is 1. The minimum atomic E-state index is -0.387. The maximum Gasteiger partial charge on any atom is 0.338 e. The normalized spacial score (nSPS) is 10.1. The summed E-state index contributed by atoms with van der Waals surface area (Å²) in [5.41, 5.74) is 7.41. The van der Waals surface area contributed by atoms with Gasteiger partial charge in [-0.05, 0) is 37.3 Å². The van der Waals surface area contributed by atoms with E-state index in [0.29, 0.717) is 29.2 Å². The summed E-state index contributed by atoms with van der Waals surface area (Å²) in [5.74, 6) is -0.687. The van der Waals surface area contributed by atoms with Gasteiger partial charge >= 0.3 is 5.97 Å². The topological polar surface area (TPSA) is 97.2 Å². The molecule has 0 bridgehead atoms. The molecule has 0 saturated carbocycles. The van der Waals surface area contributed by atoms with Crippen LogP contribution in [0.4, 0.5) is 11.4 Å². The van der Waals surface area contributed by atoms with Crippen LogP contribution in [0, 0.1) is 0 Å². The van der Waals surface area contributed by atoms with Crippen molar-refractivity contribution in [2.45, 2.75) is 6.92 Å². The lowest BCUT2D eigenvalue weighted by molar-refractivity contribution is 0.0526. The lowest BCUT2D eigenvalue weighted by atomic mass is 10.2. The van der Waals surface area contributed by atoms with Crippen molar-refractivity contribution in [3.05, 3.63) is 47.8 Å². The summed E-state index contributed by atoms with van der Waals surface area (Å²) >= 11 is 0. The molecule has 6 heteroatoms. The van der Waals surface area contributed by atoms with Gasteiger partial charge in [0.2, 0.25) is 0 Å². The van der Waals surface area contributed by atoms with E-state index < -0.39 is 0 Å². The molecular formula is C14H15N3O3. The number of esters is 1. The predicted octanol–water partition coefficient (Wildman–Crippen LogP) is 2.03. The highest BCUT2D eigenvalue weighted by Gasteiger charge is 2.09. The first-order valence-electron chi connectivity index (χ1n) is 6.12. The van der Waals surface area contributed by atoms with Crippen LogP contribution in [0.2, 0.25) is 0 Å². The molecule has 104 valence electrons. The summed E-state index contributed by atoms with van der Waals surface area (Å²) in [4.78, 5) is 26.1. The summed E-state index contributed by atoms with van der Waals surface area (Å²) in [6.07, 6.45) is 1.54. The molecule has 0 fully saturated rings. The van der Waals surface area contributed by atoms with Gasteiger partial charge in [0, 0.05) is 17.6 Å². The third-order valence-electron chi connectivity index (χ3n) is 2.60. The van der Waals surface area contributed by atoms with Crippen molar-refractivity contribution < 1.29 is 14.3 Å². The molecule has 0 aliphatic rings. The van der Waals surface area contributed by atoms with Crippen molar-refractivity contribution in [1.82, 2.24) is 4.98 Å². The van der Waals surface area contributed by atoms with E-state index in [9.17, 15) is 9.59 Å². The highest BCUT2D eigenvalue weighted by molar-refractivity contribution is 6.03. The SMILES string of the molecule is CCOC(=O)c1ccc(NC(=O)c2cc(N)c[nH]2)cc1. The van der Waals surface area contributed by atoms with Gasteiger partial charge in [-0.15, -0.1) is 0 Å². The van der Waals surface area contributed by atoms with Gasteiger partial charge in [0.05, 0.1) is 12.2 Å². The van der Waals surface area contributed by atoms with E-state index in [4.69, 9.17) is 10.5 Å². The van der Waals surface area contributed by atoms with Crippen LogP contribution >= 0.6 is 0 Å². The Kier molecular flexibility index (Phi) is 4.05. The Hall–Kier alpha value is -2.76. The zero-order chi connectivity index (χ0) is 14.5. The second-order valence-corrected chi connectivity index (χ2v) is 4.10. The number of hydrogen-bond acceptors (Lipinski definition) is 4. The Labute approximate surface area is 115 Å². The number of H-pyrrole nitrogens is 1. The van der Waals surface area contributed by atoms with Gasteiger partial charge < -0.3 is 20.8 Å². The number of aromatic nitrogens is 1. The van der Waals surface area contributed by atoms with Gasteiger partial charge in [0.15, 0.2) is 0 Å². The van der Waals surface area contributed by atoms with Crippen LogP contribution in [0.1, 0.15) is 27.8 Å². The molecule has 1 aromatic heterocycles. The molecule has 0 atom stereocenters. The Morgan fingerprint density at radius 1 is 1.30 bits per heavy atom. The van der Waals surface area contributed by atoms with Crippen LogP contribution in [0.15, 0.2) is 36.5 Å². The monoisotopic (exact) mass is 273 g/mol. The van der Waals surface area contributed by atoms with Crippen molar-refractivity contribution in [1.29, 1.82) is 0 Å². The lowest BCUT2D eigenvalue weighted by Gasteiger charge is -2.05. The molecule has 0 saturated heterocycles. The summed E-state index contributed by atoms with van der Waals surface area (Å²) in [6.45, 7) is 2.07. The van der Waals surface area contributed by atoms with Crippen LogP contribution in [0.3, 0.4) is 0 Å². The molecule has 1 heterocycles. The van der Waals surface area contributed by atoms with E-state index in [2.05, 4.69) is 10.3 Å². The smallest absolute Gasteiger partial charge is 0.338 e. The molecule has 1 aromatic carbocycles. The number of anilines is 2. The van der Waals surface area contributed by atoms with Crippen LogP contribution in [0.25, 0.3) is 0 Å². The van der Waals surface area contributed by atoms with Gasteiger partial charge in [-0.3, -0.25) is 4.79 Å². The number of ether oxygens (including phenoxy) is 1. The fourth-order valence-electron chi connectivity index (χ4n) is 1.64. The molecule has 4 N–H and O–H groups in total. The first-order chi connectivity index (χ1) is 9.60. The Morgan fingerprint density at radius 2 is 2.00 bits per heavy atom. The zero-order valence-electron chi connectivity index (χ0n) is 11.0. The average Bonchev–Trinajstić information content (AvgIpc) is 2.86. The van der Waals surface area contributed by atoms with Crippen molar-refractivity contribution in [2.24, 2.45) is 0 Å². The van der Waals surface area contributed by atoms with Crippen molar-refractivity contribution in [3.63, 3.8) is 0 Å². The maximum absolute atomic E-state index is 11.9.